The first-order valence-electron chi connectivity index (χ1n) is 9.03. The van der Waals surface area contributed by atoms with Gasteiger partial charge in [0.05, 0.1) is 11.4 Å². The SMILES string of the molecule is CCCc1cc(-n2cc(-c3ccc(CC(C)C)nc3)c(C)n2)ccn1. The van der Waals surface area contributed by atoms with Crippen molar-refractivity contribution in [1.82, 2.24) is 19.7 Å². The molecule has 0 spiro atoms. The summed E-state index contributed by atoms with van der Waals surface area (Å²) in [5.41, 5.74) is 6.54. The molecule has 0 aliphatic carbocycles. The standard InChI is InChI=1S/C21H26N4/c1-5-6-18-12-20(9-10-22-18)25-14-21(16(4)24-25)17-7-8-19(23-13-17)11-15(2)3/h7-10,12-15H,5-6,11H2,1-4H3. The van der Waals surface area contributed by atoms with Gasteiger partial charge in [-0.25, -0.2) is 4.68 Å². The Morgan fingerprint density at radius 1 is 1.08 bits per heavy atom. The van der Waals surface area contributed by atoms with Crippen LogP contribution in [-0.2, 0) is 12.8 Å². The molecule has 4 nitrogen and oxygen atoms in total. The highest BCUT2D eigenvalue weighted by Gasteiger charge is 2.10. The molecule has 0 unspecified atom stereocenters. The number of aryl methyl sites for hydroxylation is 2. The van der Waals surface area contributed by atoms with Crippen molar-refractivity contribution in [2.75, 3.05) is 0 Å². The molecule has 0 saturated carbocycles. The third kappa shape index (κ3) is 4.13. The Kier molecular flexibility index (Phi) is 5.27. The molecular weight excluding hydrogens is 308 g/mol. The normalized spacial score (nSPS) is 11.2. The summed E-state index contributed by atoms with van der Waals surface area (Å²) in [5, 5.41) is 4.69. The summed E-state index contributed by atoms with van der Waals surface area (Å²) in [6.45, 7) is 8.64. The molecule has 3 aromatic heterocycles. The van der Waals surface area contributed by atoms with Crippen LogP contribution < -0.4 is 0 Å². The van der Waals surface area contributed by atoms with Crippen LogP contribution in [0.5, 0.6) is 0 Å². The molecule has 0 radical (unpaired) electrons. The molecule has 0 N–H and O–H groups in total. The molecule has 4 heteroatoms. The average molecular weight is 334 g/mol. The van der Waals surface area contributed by atoms with Gasteiger partial charge in [0.15, 0.2) is 0 Å². The number of rotatable bonds is 6. The van der Waals surface area contributed by atoms with Gasteiger partial charge in [-0.1, -0.05) is 33.3 Å². The van der Waals surface area contributed by atoms with Crippen LogP contribution in [0.15, 0.2) is 42.9 Å². The minimum Gasteiger partial charge on any atom is -0.261 e. The lowest BCUT2D eigenvalue weighted by atomic mass is 10.1. The van der Waals surface area contributed by atoms with E-state index in [1.165, 1.54) is 0 Å². The topological polar surface area (TPSA) is 43.6 Å². The molecule has 25 heavy (non-hydrogen) atoms. The summed E-state index contributed by atoms with van der Waals surface area (Å²) >= 11 is 0. The van der Waals surface area contributed by atoms with Crippen LogP contribution in [0.3, 0.4) is 0 Å². The van der Waals surface area contributed by atoms with E-state index >= 15 is 0 Å². The van der Waals surface area contributed by atoms with E-state index in [4.69, 9.17) is 5.10 Å². The van der Waals surface area contributed by atoms with Crippen LogP contribution >= 0.6 is 0 Å². The van der Waals surface area contributed by atoms with Crippen molar-refractivity contribution in [2.24, 2.45) is 5.92 Å². The molecule has 0 atom stereocenters. The van der Waals surface area contributed by atoms with Crippen LogP contribution in [0.1, 0.15) is 44.3 Å². The van der Waals surface area contributed by atoms with Gasteiger partial charge in [0.25, 0.3) is 0 Å². The smallest absolute Gasteiger partial charge is 0.0679 e. The summed E-state index contributed by atoms with van der Waals surface area (Å²) in [6, 6.07) is 8.38. The first-order valence-corrected chi connectivity index (χ1v) is 9.03. The van der Waals surface area contributed by atoms with Crippen molar-refractivity contribution in [3.05, 3.63) is 59.9 Å². The summed E-state index contributed by atoms with van der Waals surface area (Å²) < 4.78 is 1.94. The molecule has 0 aliphatic heterocycles. The van der Waals surface area contributed by atoms with Gasteiger partial charge in [0.1, 0.15) is 0 Å². The van der Waals surface area contributed by atoms with Crippen molar-refractivity contribution in [3.63, 3.8) is 0 Å². The van der Waals surface area contributed by atoms with E-state index in [2.05, 4.69) is 55.1 Å². The van der Waals surface area contributed by atoms with Gasteiger partial charge in [-0.05, 0) is 43.9 Å². The maximum Gasteiger partial charge on any atom is 0.0679 e. The monoisotopic (exact) mass is 334 g/mol. The number of hydrogen-bond donors (Lipinski definition) is 0. The van der Waals surface area contributed by atoms with Gasteiger partial charge in [0.2, 0.25) is 0 Å². The molecule has 0 saturated heterocycles. The van der Waals surface area contributed by atoms with E-state index in [1.807, 2.05) is 30.1 Å². The minimum absolute atomic E-state index is 0.617. The van der Waals surface area contributed by atoms with Gasteiger partial charge in [-0.2, -0.15) is 5.10 Å². The van der Waals surface area contributed by atoms with Gasteiger partial charge >= 0.3 is 0 Å². The van der Waals surface area contributed by atoms with Crippen LogP contribution in [0, 0.1) is 12.8 Å². The number of pyridine rings is 2. The zero-order chi connectivity index (χ0) is 17.8. The summed E-state index contributed by atoms with van der Waals surface area (Å²) in [7, 11) is 0. The predicted molar refractivity (Wildman–Crippen MR) is 102 cm³/mol. The molecule has 0 aliphatic rings. The van der Waals surface area contributed by atoms with Gasteiger partial charge < -0.3 is 0 Å². The zero-order valence-corrected chi connectivity index (χ0v) is 15.5. The fraction of sp³-hybridized carbons (Fsp3) is 0.381. The summed E-state index contributed by atoms with van der Waals surface area (Å²) in [4.78, 5) is 9.03. The molecule has 3 rings (SSSR count). The second-order valence-corrected chi connectivity index (χ2v) is 6.96. The third-order valence-corrected chi connectivity index (χ3v) is 4.22. The van der Waals surface area contributed by atoms with Gasteiger partial charge in [-0.15, -0.1) is 0 Å². The second-order valence-electron chi connectivity index (χ2n) is 6.96. The summed E-state index contributed by atoms with van der Waals surface area (Å²) in [5.74, 6) is 0.617. The maximum atomic E-state index is 4.69. The Labute approximate surface area is 150 Å². The van der Waals surface area contributed by atoms with E-state index in [0.717, 1.165) is 53.2 Å². The number of hydrogen-bond acceptors (Lipinski definition) is 3. The average Bonchev–Trinajstić information content (AvgIpc) is 2.98. The highest BCUT2D eigenvalue weighted by atomic mass is 15.3. The Balaban J connectivity index is 1.88. The number of aromatic nitrogens is 4. The fourth-order valence-electron chi connectivity index (χ4n) is 3.00. The van der Waals surface area contributed by atoms with Crippen LogP contribution in [0.25, 0.3) is 16.8 Å². The van der Waals surface area contributed by atoms with Crippen molar-refractivity contribution < 1.29 is 0 Å². The molecule has 0 amide bonds. The van der Waals surface area contributed by atoms with Crippen molar-refractivity contribution in [1.29, 1.82) is 0 Å². The Morgan fingerprint density at radius 2 is 1.92 bits per heavy atom. The Bertz CT molecular complexity index is 831. The molecule has 0 bridgehead atoms. The molecule has 3 aromatic rings. The first kappa shape index (κ1) is 17.3. The van der Waals surface area contributed by atoms with Crippen LogP contribution in [0.2, 0.25) is 0 Å². The fourth-order valence-corrected chi connectivity index (χ4v) is 3.00. The Hall–Kier alpha value is -2.49. The lowest BCUT2D eigenvalue weighted by molar-refractivity contribution is 0.635. The van der Waals surface area contributed by atoms with Crippen LogP contribution in [-0.4, -0.2) is 19.7 Å². The van der Waals surface area contributed by atoms with Crippen molar-refractivity contribution >= 4 is 0 Å². The quantitative estimate of drug-likeness (QED) is 0.651. The number of nitrogens with zero attached hydrogens (tertiary/aromatic N) is 4. The molecule has 3 heterocycles. The summed E-state index contributed by atoms with van der Waals surface area (Å²) in [6.07, 6.45) is 8.99. The van der Waals surface area contributed by atoms with E-state index in [-0.39, 0.29) is 0 Å². The molecule has 130 valence electrons. The van der Waals surface area contributed by atoms with E-state index in [9.17, 15) is 0 Å². The molecular formula is C21H26N4. The van der Waals surface area contributed by atoms with E-state index in [1.54, 1.807) is 0 Å². The minimum atomic E-state index is 0.617. The zero-order valence-electron chi connectivity index (χ0n) is 15.5. The molecule has 0 fully saturated rings. The highest BCUT2D eigenvalue weighted by Crippen LogP contribution is 2.24. The first-order chi connectivity index (χ1) is 12.1. The Morgan fingerprint density at radius 3 is 2.60 bits per heavy atom. The second kappa shape index (κ2) is 7.60. The lowest BCUT2D eigenvalue weighted by Gasteiger charge is -2.05. The van der Waals surface area contributed by atoms with Gasteiger partial charge in [-0.3, -0.25) is 9.97 Å². The highest BCUT2D eigenvalue weighted by molar-refractivity contribution is 5.64. The van der Waals surface area contributed by atoms with E-state index < -0.39 is 0 Å². The van der Waals surface area contributed by atoms with Crippen molar-refractivity contribution in [2.45, 2.75) is 47.0 Å². The predicted octanol–water partition coefficient (Wildman–Crippen LogP) is 4.79. The van der Waals surface area contributed by atoms with Crippen molar-refractivity contribution in [3.8, 4) is 16.8 Å². The third-order valence-electron chi connectivity index (χ3n) is 4.22. The van der Waals surface area contributed by atoms with E-state index in [0.29, 0.717) is 5.92 Å². The molecule has 0 aromatic carbocycles. The largest absolute Gasteiger partial charge is 0.261 e. The maximum absolute atomic E-state index is 4.69. The van der Waals surface area contributed by atoms with Crippen LogP contribution in [0.4, 0.5) is 0 Å². The van der Waals surface area contributed by atoms with Gasteiger partial charge in [0, 0.05) is 41.1 Å². The lowest BCUT2D eigenvalue weighted by Crippen LogP contribution is -1.98.